The van der Waals surface area contributed by atoms with Gasteiger partial charge in [0, 0.05) is 51.1 Å². The van der Waals surface area contributed by atoms with Gasteiger partial charge < -0.3 is 19.6 Å². The molecule has 1 aliphatic heterocycles. The van der Waals surface area contributed by atoms with Gasteiger partial charge in [-0.2, -0.15) is 4.31 Å². The minimum Gasteiger partial charge on any atom is -0.487 e. The van der Waals surface area contributed by atoms with Gasteiger partial charge in [0.2, 0.25) is 15.9 Å². The molecule has 1 fully saturated rings. The summed E-state index contributed by atoms with van der Waals surface area (Å²) >= 11 is 0. The average Bonchev–Trinajstić information content (AvgIpc) is 2.97. The lowest BCUT2D eigenvalue weighted by Crippen LogP contribution is -2.50. The van der Waals surface area contributed by atoms with E-state index in [1.54, 1.807) is 63.3 Å². The zero-order valence-electron chi connectivity index (χ0n) is 24.7. The van der Waals surface area contributed by atoms with Crippen molar-refractivity contribution in [3.8, 4) is 16.9 Å². The van der Waals surface area contributed by atoms with Gasteiger partial charge in [0.1, 0.15) is 16.7 Å². The number of nitrogens with zero attached hydrogens (tertiary/aromatic N) is 3. The second-order valence-electron chi connectivity index (χ2n) is 11.7. The van der Waals surface area contributed by atoms with Crippen molar-refractivity contribution >= 4 is 21.8 Å². The summed E-state index contributed by atoms with van der Waals surface area (Å²) in [5.41, 5.74) is 2.10. The van der Waals surface area contributed by atoms with E-state index in [1.165, 1.54) is 9.21 Å². The van der Waals surface area contributed by atoms with E-state index >= 15 is 0 Å². The summed E-state index contributed by atoms with van der Waals surface area (Å²) in [5, 5.41) is 9.92. The van der Waals surface area contributed by atoms with E-state index in [1.807, 2.05) is 19.1 Å². The highest BCUT2D eigenvalue weighted by Gasteiger charge is 2.39. The molecule has 0 spiro atoms. The summed E-state index contributed by atoms with van der Waals surface area (Å²) < 4.78 is 35.5. The highest BCUT2D eigenvalue weighted by molar-refractivity contribution is 7.89. The molecule has 0 radical (unpaired) electrons. The van der Waals surface area contributed by atoms with E-state index in [0.717, 1.165) is 43.2 Å². The quantitative estimate of drug-likeness (QED) is 0.529. The van der Waals surface area contributed by atoms with E-state index < -0.39 is 22.2 Å². The van der Waals surface area contributed by atoms with E-state index in [9.17, 15) is 23.1 Å². The summed E-state index contributed by atoms with van der Waals surface area (Å²) in [4.78, 5) is 28.9. The van der Waals surface area contributed by atoms with Gasteiger partial charge in [-0.1, -0.05) is 44.4 Å². The number of aliphatic hydroxyl groups is 1. The molecule has 0 aromatic heterocycles. The molecule has 1 N–H and O–H groups in total. The van der Waals surface area contributed by atoms with Crippen LogP contribution in [0.3, 0.4) is 0 Å². The predicted molar refractivity (Wildman–Crippen MR) is 158 cm³/mol. The van der Waals surface area contributed by atoms with Gasteiger partial charge in [-0.15, -0.1) is 0 Å². The lowest BCUT2D eigenvalue weighted by Gasteiger charge is -2.38. The predicted octanol–water partition coefficient (Wildman–Crippen LogP) is 3.86. The minimum absolute atomic E-state index is 0.0186. The second kappa shape index (κ2) is 12.9. The Bertz CT molecular complexity index is 1340. The number of aliphatic hydroxyl groups excluding tert-OH is 1. The van der Waals surface area contributed by atoms with Gasteiger partial charge in [-0.3, -0.25) is 9.59 Å². The molecule has 224 valence electrons. The molecule has 2 aromatic carbocycles. The highest BCUT2D eigenvalue weighted by atomic mass is 32.2. The fraction of sp³-hybridized carbons (Fsp3) is 0.548. The number of hydrogen-bond acceptors (Lipinski definition) is 6. The maximum Gasteiger partial charge on any atom is 0.253 e. The molecule has 2 aromatic rings. The van der Waals surface area contributed by atoms with Crippen LogP contribution in [-0.2, 0) is 14.8 Å². The van der Waals surface area contributed by atoms with Crippen LogP contribution in [0.2, 0.25) is 0 Å². The molecule has 1 heterocycles. The smallest absolute Gasteiger partial charge is 0.253 e. The summed E-state index contributed by atoms with van der Waals surface area (Å²) in [7, 11) is 1.21. The molecule has 1 saturated carbocycles. The molecule has 10 heteroatoms. The van der Waals surface area contributed by atoms with Gasteiger partial charge in [0.25, 0.3) is 5.91 Å². The largest absolute Gasteiger partial charge is 0.487 e. The number of carbonyl (C=O) groups is 2. The molecule has 2 aliphatic rings. The lowest BCUT2D eigenvalue weighted by atomic mass is 9.88. The van der Waals surface area contributed by atoms with Gasteiger partial charge in [-0.25, -0.2) is 8.42 Å². The maximum atomic E-state index is 13.8. The second-order valence-corrected chi connectivity index (χ2v) is 13.6. The molecule has 0 bridgehead atoms. The van der Waals surface area contributed by atoms with Crippen molar-refractivity contribution in [2.75, 3.05) is 40.8 Å². The lowest BCUT2D eigenvalue weighted by molar-refractivity contribution is -0.136. The van der Waals surface area contributed by atoms with Crippen molar-refractivity contribution in [2.24, 2.45) is 11.8 Å². The van der Waals surface area contributed by atoms with Crippen molar-refractivity contribution in [3.63, 3.8) is 0 Å². The molecule has 3 atom stereocenters. The Morgan fingerprint density at radius 1 is 1.02 bits per heavy atom. The molecule has 41 heavy (non-hydrogen) atoms. The third-order valence-corrected chi connectivity index (χ3v) is 10.3. The Hall–Kier alpha value is -2.95. The first-order chi connectivity index (χ1) is 19.4. The maximum absolute atomic E-state index is 13.8. The number of rotatable bonds is 7. The number of hydrogen-bond donors (Lipinski definition) is 1. The summed E-state index contributed by atoms with van der Waals surface area (Å²) in [6.45, 7) is 3.77. The van der Waals surface area contributed by atoms with E-state index in [0.29, 0.717) is 12.1 Å². The van der Waals surface area contributed by atoms with Gasteiger partial charge in [-0.05, 0) is 55.2 Å². The van der Waals surface area contributed by atoms with Gasteiger partial charge >= 0.3 is 0 Å². The molecular formula is C31H43N3O6S. The van der Waals surface area contributed by atoms with Crippen LogP contribution in [0.25, 0.3) is 11.1 Å². The van der Waals surface area contributed by atoms with E-state index in [4.69, 9.17) is 4.74 Å². The molecule has 9 nitrogen and oxygen atoms in total. The third-order valence-electron chi connectivity index (χ3n) is 8.32. The van der Waals surface area contributed by atoms with Crippen LogP contribution in [0.15, 0.2) is 47.4 Å². The zero-order chi connectivity index (χ0) is 29.9. The van der Waals surface area contributed by atoms with Crippen molar-refractivity contribution in [2.45, 2.75) is 63.0 Å². The van der Waals surface area contributed by atoms with Crippen LogP contribution >= 0.6 is 0 Å². The van der Waals surface area contributed by atoms with E-state index in [2.05, 4.69) is 0 Å². The fourth-order valence-electron chi connectivity index (χ4n) is 5.71. The molecule has 4 rings (SSSR count). The molecule has 1 aliphatic carbocycles. The summed E-state index contributed by atoms with van der Waals surface area (Å²) in [6, 6.07) is 11.5. The van der Waals surface area contributed by atoms with Crippen LogP contribution in [0, 0.1) is 11.8 Å². The fourth-order valence-corrected chi connectivity index (χ4v) is 7.53. The number of carbonyl (C=O) groups excluding carboxylic acids is 2. The Labute approximate surface area is 244 Å². The van der Waals surface area contributed by atoms with Crippen LogP contribution in [-0.4, -0.2) is 92.4 Å². The summed E-state index contributed by atoms with van der Waals surface area (Å²) in [6.07, 6.45) is 4.62. The molecule has 0 saturated heterocycles. The number of sulfonamides is 1. The zero-order valence-corrected chi connectivity index (χ0v) is 25.6. The number of ether oxygens (including phenoxy) is 1. The monoisotopic (exact) mass is 585 g/mol. The number of fused-ring (bicyclic) bond motifs is 1. The Kier molecular flexibility index (Phi) is 9.77. The first-order valence-corrected chi connectivity index (χ1v) is 15.9. The molecular weight excluding hydrogens is 542 g/mol. The number of likely N-dealkylation sites (N-methyl/N-ethyl adjacent to an activating group) is 1. The molecule has 0 unspecified atom stereocenters. The first-order valence-electron chi connectivity index (χ1n) is 14.4. The standard InChI is InChI=1S/C31H43N3O6S/c1-21-18-34(22(2)20-35)41(38,39)29-16-15-26(23-11-13-25(14-12-23)30(36)32(3)4)17-27(29)40-28(21)19-33(5)31(37)24-9-7-6-8-10-24/h11-17,21-22,24,28,35H,6-10,18-20H2,1-5H3/t21-,22+,28-/m0/s1. The van der Waals surface area contributed by atoms with Crippen LogP contribution in [0.4, 0.5) is 0 Å². The highest BCUT2D eigenvalue weighted by Crippen LogP contribution is 2.37. The van der Waals surface area contributed by atoms with Crippen LogP contribution in [0.5, 0.6) is 5.75 Å². The SMILES string of the molecule is C[C@H](CO)N1C[C@H](C)[C@H](CN(C)C(=O)C2CCCCC2)Oc2cc(-c3ccc(C(=O)N(C)C)cc3)ccc2S1(=O)=O. The Morgan fingerprint density at radius 2 is 1.66 bits per heavy atom. The Morgan fingerprint density at radius 3 is 2.27 bits per heavy atom. The van der Waals surface area contributed by atoms with Gasteiger partial charge in [0.15, 0.2) is 0 Å². The third kappa shape index (κ3) is 6.76. The van der Waals surface area contributed by atoms with Crippen molar-refractivity contribution < 1.29 is 27.9 Å². The molecule has 2 amide bonds. The average molecular weight is 586 g/mol. The number of benzene rings is 2. The normalized spacial score (nSPS) is 22.0. The Balaban J connectivity index is 1.70. The number of amides is 2. The van der Waals surface area contributed by atoms with Crippen LogP contribution < -0.4 is 4.74 Å². The topological polar surface area (TPSA) is 107 Å². The van der Waals surface area contributed by atoms with Crippen LogP contribution in [0.1, 0.15) is 56.3 Å². The first kappa shape index (κ1) is 31.0. The summed E-state index contributed by atoms with van der Waals surface area (Å²) in [5.74, 6) is -0.0251. The van der Waals surface area contributed by atoms with E-state index in [-0.39, 0.29) is 47.4 Å². The van der Waals surface area contributed by atoms with Crippen molar-refractivity contribution in [1.29, 1.82) is 0 Å². The van der Waals surface area contributed by atoms with Crippen molar-refractivity contribution in [1.82, 2.24) is 14.1 Å². The van der Waals surface area contributed by atoms with Crippen molar-refractivity contribution in [3.05, 3.63) is 48.0 Å². The van der Waals surface area contributed by atoms with Gasteiger partial charge in [0.05, 0.1) is 13.2 Å². The minimum atomic E-state index is -3.98.